The molecule has 10 nitrogen and oxygen atoms in total. The first-order chi connectivity index (χ1) is 19.5. The van der Waals surface area contributed by atoms with Gasteiger partial charge in [-0.3, -0.25) is 14.5 Å². The number of hydrogen-bond donors (Lipinski definition) is 1. The van der Waals surface area contributed by atoms with Crippen LogP contribution < -0.4 is 19.9 Å². The number of benzene rings is 1. The molecule has 1 spiro atoms. The SMILES string of the molecule is CCN(CC)c1ccc2c(c1)OC(=O)C(CCN1C(=O)NC3(CCN(c4ncc(C(F)(F)F)cn4)CC3)C1=O)C2C. The van der Waals surface area contributed by atoms with Crippen molar-refractivity contribution in [2.45, 2.75) is 57.7 Å². The lowest BCUT2D eigenvalue weighted by atomic mass is 9.82. The van der Waals surface area contributed by atoms with Crippen LogP contribution in [0.4, 0.5) is 29.6 Å². The van der Waals surface area contributed by atoms with Crippen molar-refractivity contribution in [1.29, 1.82) is 0 Å². The third-order valence-corrected chi connectivity index (χ3v) is 8.51. The Labute approximate surface area is 235 Å². The molecule has 2 saturated heterocycles. The van der Waals surface area contributed by atoms with Crippen LogP contribution in [0.1, 0.15) is 57.1 Å². The summed E-state index contributed by atoms with van der Waals surface area (Å²) >= 11 is 0. The highest BCUT2D eigenvalue weighted by molar-refractivity contribution is 6.07. The molecular formula is C28H33F3N6O4. The van der Waals surface area contributed by atoms with Gasteiger partial charge in [-0.05, 0) is 50.7 Å². The van der Waals surface area contributed by atoms with Crippen LogP contribution in [0.15, 0.2) is 30.6 Å². The smallest absolute Gasteiger partial charge is 0.419 e. The summed E-state index contributed by atoms with van der Waals surface area (Å²) in [5.41, 5.74) is -0.150. The van der Waals surface area contributed by atoms with Crippen LogP contribution in [0, 0.1) is 5.92 Å². The molecule has 0 aliphatic carbocycles. The summed E-state index contributed by atoms with van der Waals surface area (Å²) in [7, 11) is 0. The number of halogens is 3. The van der Waals surface area contributed by atoms with E-state index in [1.165, 1.54) is 0 Å². The molecule has 5 rings (SSSR count). The van der Waals surface area contributed by atoms with E-state index in [-0.39, 0.29) is 62.6 Å². The Bertz CT molecular complexity index is 1320. The average Bonchev–Trinajstić information content (AvgIpc) is 3.17. The van der Waals surface area contributed by atoms with Crippen molar-refractivity contribution in [3.8, 4) is 5.75 Å². The fraction of sp³-hybridized carbons (Fsp3) is 0.536. The largest absolute Gasteiger partial charge is 0.426 e. The fourth-order valence-corrected chi connectivity index (χ4v) is 5.95. The molecule has 4 heterocycles. The molecule has 3 aliphatic rings. The number of imide groups is 1. The number of alkyl halides is 3. The predicted molar refractivity (Wildman–Crippen MR) is 144 cm³/mol. The lowest BCUT2D eigenvalue weighted by Gasteiger charge is -2.37. The molecule has 3 aliphatic heterocycles. The standard InChI is InChI=1S/C28H33F3N6O4/c1-4-35(5-2)19-6-7-20-17(3)21(23(38)41-22(20)14-19)8-11-37-24(39)27(34-26(37)40)9-12-36(13-10-27)25-32-15-18(16-33-25)28(29,30)31/h6-7,14-17,21H,4-5,8-13H2,1-3H3,(H,34,40). The molecule has 2 unspecified atom stereocenters. The van der Waals surface area contributed by atoms with Crippen molar-refractivity contribution in [3.05, 3.63) is 41.7 Å². The van der Waals surface area contributed by atoms with Gasteiger partial charge in [0.05, 0.1) is 11.5 Å². The Kier molecular flexibility index (Phi) is 7.56. The third kappa shape index (κ3) is 5.29. The minimum absolute atomic E-state index is 0.0646. The maximum absolute atomic E-state index is 13.4. The highest BCUT2D eigenvalue weighted by atomic mass is 19.4. The number of rotatable bonds is 7. The summed E-state index contributed by atoms with van der Waals surface area (Å²) in [4.78, 5) is 51.9. The number of anilines is 2. The van der Waals surface area contributed by atoms with E-state index >= 15 is 0 Å². The van der Waals surface area contributed by atoms with Gasteiger partial charge in [0.25, 0.3) is 5.91 Å². The first kappa shape index (κ1) is 28.6. The van der Waals surface area contributed by atoms with Crippen LogP contribution >= 0.6 is 0 Å². The van der Waals surface area contributed by atoms with Gasteiger partial charge in [0, 0.05) is 56.9 Å². The molecule has 1 N–H and O–H groups in total. The minimum atomic E-state index is -4.53. The van der Waals surface area contributed by atoms with E-state index in [2.05, 4.69) is 34.0 Å². The highest BCUT2D eigenvalue weighted by Crippen LogP contribution is 2.41. The van der Waals surface area contributed by atoms with Crippen LogP contribution in [0.25, 0.3) is 0 Å². The Balaban J connectivity index is 1.21. The zero-order chi connectivity index (χ0) is 29.5. The van der Waals surface area contributed by atoms with E-state index in [4.69, 9.17) is 4.74 Å². The number of aromatic nitrogens is 2. The van der Waals surface area contributed by atoms with Crippen molar-refractivity contribution in [2.75, 3.05) is 42.5 Å². The quantitative estimate of drug-likeness (QED) is 0.301. The first-order valence-corrected chi connectivity index (χ1v) is 13.9. The molecule has 41 heavy (non-hydrogen) atoms. The molecule has 3 amide bonds. The molecular weight excluding hydrogens is 541 g/mol. The second-order valence-corrected chi connectivity index (χ2v) is 10.7. The van der Waals surface area contributed by atoms with Crippen LogP contribution in [-0.2, 0) is 15.8 Å². The number of amides is 3. The van der Waals surface area contributed by atoms with E-state index in [1.807, 2.05) is 25.1 Å². The molecule has 0 bridgehead atoms. The molecule has 1 aromatic carbocycles. The predicted octanol–water partition coefficient (Wildman–Crippen LogP) is 3.96. The lowest BCUT2D eigenvalue weighted by Crippen LogP contribution is -2.55. The Morgan fingerprint density at radius 2 is 1.76 bits per heavy atom. The maximum atomic E-state index is 13.4. The van der Waals surface area contributed by atoms with Gasteiger partial charge in [-0.25, -0.2) is 14.8 Å². The van der Waals surface area contributed by atoms with Crippen LogP contribution in [0.5, 0.6) is 5.75 Å². The molecule has 2 fully saturated rings. The van der Waals surface area contributed by atoms with Crippen LogP contribution in [0.2, 0.25) is 0 Å². The van der Waals surface area contributed by atoms with E-state index in [1.54, 1.807) is 4.90 Å². The summed E-state index contributed by atoms with van der Waals surface area (Å²) in [6.45, 7) is 8.36. The summed E-state index contributed by atoms with van der Waals surface area (Å²) in [6, 6.07) is 5.36. The minimum Gasteiger partial charge on any atom is -0.426 e. The number of urea groups is 1. The maximum Gasteiger partial charge on any atom is 0.419 e. The lowest BCUT2D eigenvalue weighted by molar-refractivity contribution is -0.142. The number of hydrogen-bond acceptors (Lipinski definition) is 8. The number of esters is 1. The van der Waals surface area contributed by atoms with Gasteiger partial charge < -0.3 is 19.9 Å². The highest BCUT2D eigenvalue weighted by Gasteiger charge is 2.52. The number of nitrogens with one attached hydrogen (secondary N) is 1. The third-order valence-electron chi connectivity index (χ3n) is 8.51. The molecule has 0 saturated carbocycles. The number of carbonyl (C=O) groups is 3. The van der Waals surface area contributed by atoms with Crippen molar-refractivity contribution in [2.24, 2.45) is 5.92 Å². The van der Waals surface area contributed by atoms with Crippen molar-refractivity contribution >= 4 is 29.5 Å². The summed E-state index contributed by atoms with van der Waals surface area (Å²) in [5, 5.41) is 2.82. The molecule has 2 aromatic rings. The van der Waals surface area contributed by atoms with E-state index in [0.29, 0.717) is 5.75 Å². The van der Waals surface area contributed by atoms with Crippen LogP contribution in [0.3, 0.4) is 0 Å². The van der Waals surface area contributed by atoms with Crippen LogP contribution in [-0.4, -0.2) is 71.0 Å². The topological polar surface area (TPSA) is 108 Å². The van der Waals surface area contributed by atoms with Gasteiger partial charge in [0.2, 0.25) is 5.95 Å². The van der Waals surface area contributed by atoms with Crippen molar-refractivity contribution in [3.63, 3.8) is 0 Å². The van der Waals surface area contributed by atoms with Gasteiger partial charge in [-0.2, -0.15) is 13.2 Å². The second-order valence-electron chi connectivity index (χ2n) is 10.7. The number of nitrogens with zero attached hydrogens (tertiary/aromatic N) is 5. The summed E-state index contributed by atoms with van der Waals surface area (Å²) in [6.07, 6.45) is -2.30. The fourth-order valence-electron chi connectivity index (χ4n) is 5.95. The van der Waals surface area contributed by atoms with Gasteiger partial charge in [0.1, 0.15) is 11.3 Å². The molecule has 13 heteroatoms. The second kappa shape index (κ2) is 10.8. The average molecular weight is 575 g/mol. The zero-order valence-corrected chi connectivity index (χ0v) is 23.2. The van der Waals surface area contributed by atoms with E-state index < -0.39 is 29.2 Å². The normalized spacial score (nSPS) is 22.0. The molecule has 0 radical (unpaired) electrons. The molecule has 1 aromatic heterocycles. The Hall–Kier alpha value is -3.90. The zero-order valence-electron chi connectivity index (χ0n) is 23.2. The number of fused-ring (bicyclic) bond motifs is 1. The Morgan fingerprint density at radius 3 is 2.37 bits per heavy atom. The van der Waals surface area contributed by atoms with E-state index in [9.17, 15) is 27.6 Å². The molecule has 2 atom stereocenters. The van der Waals surface area contributed by atoms with E-state index in [0.717, 1.165) is 41.6 Å². The first-order valence-electron chi connectivity index (χ1n) is 13.9. The number of carbonyl (C=O) groups excluding carboxylic acids is 3. The summed E-state index contributed by atoms with van der Waals surface area (Å²) in [5.74, 6) is -0.738. The molecule has 220 valence electrons. The Morgan fingerprint density at radius 1 is 1.10 bits per heavy atom. The van der Waals surface area contributed by atoms with Gasteiger partial charge in [-0.1, -0.05) is 13.0 Å². The van der Waals surface area contributed by atoms with Gasteiger partial charge in [0.15, 0.2) is 0 Å². The van der Waals surface area contributed by atoms with Gasteiger partial charge >= 0.3 is 18.2 Å². The van der Waals surface area contributed by atoms with Crippen molar-refractivity contribution < 1.29 is 32.3 Å². The number of ether oxygens (including phenoxy) is 1. The summed E-state index contributed by atoms with van der Waals surface area (Å²) < 4.78 is 44.2. The number of piperidine rings is 1. The van der Waals surface area contributed by atoms with Gasteiger partial charge in [-0.15, -0.1) is 0 Å². The monoisotopic (exact) mass is 574 g/mol. The van der Waals surface area contributed by atoms with Crippen molar-refractivity contribution in [1.82, 2.24) is 20.2 Å².